The Bertz CT molecular complexity index is 1170. The predicted octanol–water partition coefficient (Wildman–Crippen LogP) is 5.49. The zero-order chi connectivity index (χ0) is 18.6. The number of rotatable bonds is 4. The van der Waals surface area contributed by atoms with Crippen molar-refractivity contribution in [1.29, 1.82) is 0 Å². The molecule has 4 aromatic carbocycles. The van der Waals surface area contributed by atoms with Gasteiger partial charge in [-0.05, 0) is 41.1 Å². The number of allylic oxidation sites excluding steroid dienone is 1. The number of nitrogens with two attached hydrogens (primary N) is 2. The lowest BCUT2D eigenvalue weighted by Crippen LogP contribution is -1.93. The summed E-state index contributed by atoms with van der Waals surface area (Å²) < 4.78 is 0. The van der Waals surface area contributed by atoms with Crippen molar-refractivity contribution in [2.45, 2.75) is 0 Å². The SMILES string of the molecule is Nc1cccc2cccc(N=C/C=C/Nc3cccc4cccc(N)c34)c12. The molecule has 0 aliphatic carbocycles. The van der Waals surface area contributed by atoms with Gasteiger partial charge in [0.1, 0.15) is 0 Å². The molecule has 0 bridgehead atoms. The number of nitrogens with one attached hydrogen (secondary N) is 1. The van der Waals surface area contributed by atoms with Gasteiger partial charge in [0.05, 0.1) is 5.69 Å². The van der Waals surface area contributed by atoms with E-state index in [-0.39, 0.29) is 0 Å². The molecule has 132 valence electrons. The molecule has 0 spiro atoms. The molecule has 0 unspecified atom stereocenters. The van der Waals surface area contributed by atoms with Crippen LogP contribution in [0.4, 0.5) is 22.7 Å². The van der Waals surface area contributed by atoms with Gasteiger partial charge in [0.15, 0.2) is 0 Å². The fraction of sp³-hybridized carbons (Fsp3) is 0. The highest BCUT2D eigenvalue weighted by molar-refractivity contribution is 6.03. The van der Waals surface area contributed by atoms with Crippen LogP contribution in [0.2, 0.25) is 0 Å². The summed E-state index contributed by atoms with van der Waals surface area (Å²) in [7, 11) is 0. The first-order chi connectivity index (χ1) is 13.2. The number of nitrogens with zero attached hydrogens (tertiary/aromatic N) is 1. The van der Waals surface area contributed by atoms with Crippen molar-refractivity contribution in [3.05, 3.63) is 85.1 Å². The number of hydrogen-bond donors (Lipinski definition) is 3. The molecule has 0 aromatic heterocycles. The van der Waals surface area contributed by atoms with E-state index >= 15 is 0 Å². The molecule has 4 aromatic rings. The van der Waals surface area contributed by atoms with E-state index in [0.717, 1.165) is 44.3 Å². The molecule has 0 atom stereocenters. The number of benzene rings is 4. The Labute approximate surface area is 157 Å². The number of hydrogen-bond acceptors (Lipinski definition) is 4. The van der Waals surface area contributed by atoms with Gasteiger partial charge in [-0.1, -0.05) is 48.5 Å². The molecule has 5 N–H and O–H groups in total. The highest BCUT2D eigenvalue weighted by Crippen LogP contribution is 2.31. The van der Waals surface area contributed by atoms with Crippen LogP contribution in [0.1, 0.15) is 0 Å². The molecule has 0 fully saturated rings. The van der Waals surface area contributed by atoms with Gasteiger partial charge in [0.2, 0.25) is 0 Å². The van der Waals surface area contributed by atoms with Crippen LogP contribution in [-0.2, 0) is 0 Å². The lowest BCUT2D eigenvalue weighted by atomic mass is 10.1. The first-order valence-corrected chi connectivity index (χ1v) is 8.74. The number of nitrogen functional groups attached to an aromatic ring is 2. The largest absolute Gasteiger partial charge is 0.398 e. The maximum atomic E-state index is 6.13. The third-order valence-corrected chi connectivity index (χ3v) is 4.49. The van der Waals surface area contributed by atoms with Crippen molar-refractivity contribution in [2.24, 2.45) is 4.99 Å². The van der Waals surface area contributed by atoms with E-state index in [1.54, 1.807) is 6.21 Å². The van der Waals surface area contributed by atoms with E-state index in [1.165, 1.54) is 0 Å². The maximum Gasteiger partial charge on any atom is 0.0728 e. The normalized spacial score (nSPS) is 11.7. The zero-order valence-corrected chi connectivity index (χ0v) is 14.8. The summed E-state index contributed by atoms with van der Waals surface area (Å²) in [6.45, 7) is 0. The smallest absolute Gasteiger partial charge is 0.0728 e. The van der Waals surface area contributed by atoms with E-state index in [0.29, 0.717) is 0 Å². The molecule has 4 nitrogen and oxygen atoms in total. The first kappa shape index (κ1) is 16.7. The highest BCUT2D eigenvalue weighted by Gasteiger charge is 2.03. The molecule has 0 saturated heterocycles. The Balaban J connectivity index is 1.56. The Kier molecular flexibility index (Phi) is 4.45. The minimum absolute atomic E-state index is 0.730. The van der Waals surface area contributed by atoms with Crippen LogP contribution in [0.3, 0.4) is 0 Å². The summed E-state index contributed by atoms with van der Waals surface area (Å²) >= 11 is 0. The van der Waals surface area contributed by atoms with Crippen molar-refractivity contribution in [3.8, 4) is 0 Å². The summed E-state index contributed by atoms with van der Waals surface area (Å²) in [5.74, 6) is 0. The van der Waals surface area contributed by atoms with Gasteiger partial charge in [0, 0.05) is 40.2 Å². The van der Waals surface area contributed by atoms with Gasteiger partial charge < -0.3 is 16.8 Å². The monoisotopic (exact) mass is 352 g/mol. The summed E-state index contributed by atoms with van der Waals surface area (Å²) in [5, 5.41) is 7.46. The van der Waals surface area contributed by atoms with Crippen molar-refractivity contribution in [3.63, 3.8) is 0 Å². The van der Waals surface area contributed by atoms with Crippen molar-refractivity contribution in [2.75, 3.05) is 16.8 Å². The second kappa shape index (κ2) is 7.22. The van der Waals surface area contributed by atoms with Crippen molar-refractivity contribution in [1.82, 2.24) is 0 Å². The van der Waals surface area contributed by atoms with Crippen LogP contribution in [0.5, 0.6) is 0 Å². The quantitative estimate of drug-likeness (QED) is 0.336. The minimum Gasteiger partial charge on any atom is -0.398 e. The Morgan fingerprint density at radius 2 is 1.30 bits per heavy atom. The molecular formula is C23H20N4. The summed E-state index contributed by atoms with van der Waals surface area (Å²) in [6, 6.07) is 23.8. The van der Waals surface area contributed by atoms with Crippen LogP contribution >= 0.6 is 0 Å². The summed E-state index contributed by atoms with van der Waals surface area (Å²) in [6.07, 6.45) is 5.46. The van der Waals surface area contributed by atoms with Crippen LogP contribution in [0, 0.1) is 0 Å². The Morgan fingerprint density at radius 1 is 0.704 bits per heavy atom. The molecule has 0 heterocycles. The molecule has 27 heavy (non-hydrogen) atoms. The van der Waals surface area contributed by atoms with Gasteiger partial charge in [-0.3, -0.25) is 4.99 Å². The third kappa shape index (κ3) is 3.33. The highest BCUT2D eigenvalue weighted by atomic mass is 14.8. The molecule has 0 saturated carbocycles. The molecular weight excluding hydrogens is 332 g/mol. The Hall–Kier alpha value is -3.79. The lowest BCUT2D eigenvalue weighted by molar-refractivity contribution is 1.57. The lowest BCUT2D eigenvalue weighted by Gasteiger charge is -2.08. The van der Waals surface area contributed by atoms with E-state index < -0.39 is 0 Å². The molecule has 4 rings (SSSR count). The topological polar surface area (TPSA) is 76.4 Å². The fourth-order valence-corrected chi connectivity index (χ4v) is 3.25. The van der Waals surface area contributed by atoms with Crippen LogP contribution in [0.15, 0.2) is 90.1 Å². The second-order valence-corrected chi connectivity index (χ2v) is 6.26. The fourth-order valence-electron chi connectivity index (χ4n) is 3.25. The van der Waals surface area contributed by atoms with Crippen LogP contribution in [-0.4, -0.2) is 6.21 Å². The van der Waals surface area contributed by atoms with E-state index in [2.05, 4.69) is 10.3 Å². The molecule has 0 amide bonds. The van der Waals surface area contributed by atoms with Crippen molar-refractivity contribution >= 4 is 50.5 Å². The van der Waals surface area contributed by atoms with E-state index in [4.69, 9.17) is 11.5 Å². The molecule has 0 aliphatic rings. The zero-order valence-electron chi connectivity index (χ0n) is 14.8. The average molecular weight is 352 g/mol. The van der Waals surface area contributed by atoms with Gasteiger partial charge in [-0.25, -0.2) is 0 Å². The third-order valence-electron chi connectivity index (χ3n) is 4.49. The van der Waals surface area contributed by atoms with E-state index in [1.807, 2.05) is 85.1 Å². The summed E-state index contributed by atoms with van der Waals surface area (Å²) in [4.78, 5) is 4.55. The van der Waals surface area contributed by atoms with Gasteiger partial charge in [0.25, 0.3) is 0 Å². The van der Waals surface area contributed by atoms with Crippen LogP contribution < -0.4 is 16.8 Å². The maximum absolute atomic E-state index is 6.13. The number of fused-ring (bicyclic) bond motifs is 2. The first-order valence-electron chi connectivity index (χ1n) is 8.74. The molecule has 0 aliphatic heterocycles. The minimum atomic E-state index is 0.730. The Morgan fingerprint density at radius 3 is 2.04 bits per heavy atom. The van der Waals surface area contributed by atoms with Crippen molar-refractivity contribution < 1.29 is 0 Å². The predicted molar refractivity (Wildman–Crippen MR) is 118 cm³/mol. The number of aliphatic imine (C=N–C) groups is 1. The number of anilines is 3. The van der Waals surface area contributed by atoms with Gasteiger partial charge in [-0.2, -0.15) is 0 Å². The standard InChI is InChI=1S/C23H20N4/c24-18-10-1-6-16-8-3-12-20(22(16)18)26-14-5-15-27-21-13-4-9-17-7-2-11-19(25)23(17)21/h1-15,26H,24-25H2/b14-5+,27-15?. The van der Waals surface area contributed by atoms with Gasteiger partial charge >= 0.3 is 0 Å². The van der Waals surface area contributed by atoms with E-state index in [9.17, 15) is 0 Å². The second-order valence-electron chi connectivity index (χ2n) is 6.26. The molecule has 0 radical (unpaired) electrons. The van der Waals surface area contributed by atoms with Crippen LogP contribution in [0.25, 0.3) is 21.5 Å². The van der Waals surface area contributed by atoms with Gasteiger partial charge in [-0.15, -0.1) is 0 Å². The summed E-state index contributed by atoms with van der Waals surface area (Å²) in [5.41, 5.74) is 15.5. The molecule has 4 heteroatoms. The average Bonchev–Trinajstić information content (AvgIpc) is 2.68.